The van der Waals surface area contributed by atoms with Gasteiger partial charge in [0.25, 0.3) is 0 Å². The standard InChI is InChI=1S/C16H17ClN2O/c1-12(19(2)13-7-4-3-5-8-13)18-16-10-6-9-15(17)14(16)11-20/h4,6-11H,3,5H2,1-2H3. The number of aliphatic imine (C=N–C) groups is 1. The van der Waals surface area contributed by atoms with Crippen molar-refractivity contribution in [2.75, 3.05) is 7.05 Å². The summed E-state index contributed by atoms with van der Waals surface area (Å²) in [5.74, 6) is 0.813. The summed E-state index contributed by atoms with van der Waals surface area (Å²) in [6.45, 7) is 1.92. The third-order valence-corrected chi connectivity index (χ3v) is 3.61. The van der Waals surface area contributed by atoms with E-state index < -0.39 is 0 Å². The summed E-state index contributed by atoms with van der Waals surface area (Å²) in [6, 6.07) is 5.27. The van der Waals surface area contributed by atoms with Crippen molar-refractivity contribution in [3.05, 3.63) is 52.7 Å². The Morgan fingerprint density at radius 1 is 1.40 bits per heavy atom. The van der Waals surface area contributed by atoms with Crippen LogP contribution in [-0.2, 0) is 0 Å². The van der Waals surface area contributed by atoms with Gasteiger partial charge in [0.15, 0.2) is 6.29 Å². The van der Waals surface area contributed by atoms with Gasteiger partial charge in [-0.15, -0.1) is 0 Å². The van der Waals surface area contributed by atoms with Crippen LogP contribution in [0.25, 0.3) is 0 Å². The molecule has 2 rings (SSSR count). The SMILES string of the molecule is CC(=Nc1cccc(Cl)c1C=O)N(C)C1=CCCC=C1. The van der Waals surface area contributed by atoms with E-state index >= 15 is 0 Å². The molecule has 0 unspecified atom stereocenters. The van der Waals surface area contributed by atoms with Crippen molar-refractivity contribution in [1.82, 2.24) is 4.90 Å². The summed E-state index contributed by atoms with van der Waals surface area (Å²) >= 11 is 6.00. The molecule has 1 aliphatic carbocycles. The smallest absolute Gasteiger partial charge is 0.153 e. The average molecular weight is 289 g/mol. The van der Waals surface area contributed by atoms with Gasteiger partial charge in [-0.25, -0.2) is 4.99 Å². The summed E-state index contributed by atoms with van der Waals surface area (Å²) in [5.41, 5.74) is 2.14. The van der Waals surface area contributed by atoms with Crippen molar-refractivity contribution in [2.24, 2.45) is 4.99 Å². The van der Waals surface area contributed by atoms with Crippen LogP contribution in [0.5, 0.6) is 0 Å². The number of nitrogens with zero attached hydrogens (tertiary/aromatic N) is 2. The van der Waals surface area contributed by atoms with Crippen LogP contribution in [0, 0.1) is 0 Å². The monoisotopic (exact) mass is 288 g/mol. The van der Waals surface area contributed by atoms with Crippen LogP contribution in [0.1, 0.15) is 30.1 Å². The van der Waals surface area contributed by atoms with E-state index in [2.05, 4.69) is 23.2 Å². The zero-order valence-corrected chi connectivity index (χ0v) is 12.4. The van der Waals surface area contributed by atoms with Gasteiger partial charge in [-0.05, 0) is 38.0 Å². The lowest BCUT2D eigenvalue weighted by Crippen LogP contribution is -2.23. The van der Waals surface area contributed by atoms with E-state index in [-0.39, 0.29) is 0 Å². The van der Waals surface area contributed by atoms with E-state index in [1.807, 2.05) is 18.9 Å². The molecule has 0 N–H and O–H groups in total. The molecule has 0 atom stereocenters. The lowest BCUT2D eigenvalue weighted by molar-refractivity contribution is 0.112. The largest absolute Gasteiger partial charge is 0.333 e. The quantitative estimate of drug-likeness (QED) is 0.470. The molecule has 104 valence electrons. The fourth-order valence-electron chi connectivity index (χ4n) is 2.02. The molecule has 1 aromatic carbocycles. The molecule has 0 bridgehead atoms. The molecule has 1 aliphatic rings. The molecule has 0 saturated heterocycles. The third-order valence-electron chi connectivity index (χ3n) is 3.28. The highest BCUT2D eigenvalue weighted by Crippen LogP contribution is 2.25. The van der Waals surface area contributed by atoms with Crippen LogP contribution in [0.4, 0.5) is 5.69 Å². The van der Waals surface area contributed by atoms with Crippen LogP contribution in [0.3, 0.4) is 0 Å². The van der Waals surface area contributed by atoms with Crippen LogP contribution in [0.2, 0.25) is 5.02 Å². The van der Waals surface area contributed by atoms with Gasteiger partial charge in [-0.1, -0.05) is 29.8 Å². The maximum Gasteiger partial charge on any atom is 0.153 e. The van der Waals surface area contributed by atoms with Crippen molar-refractivity contribution in [2.45, 2.75) is 19.8 Å². The van der Waals surface area contributed by atoms with Crippen LogP contribution in [-0.4, -0.2) is 24.1 Å². The van der Waals surface area contributed by atoms with E-state index in [4.69, 9.17) is 11.6 Å². The summed E-state index contributed by atoms with van der Waals surface area (Å²) in [6.07, 6.45) is 9.28. The molecule has 4 heteroatoms. The second-order valence-electron chi connectivity index (χ2n) is 4.62. The first-order valence-electron chi connectivity index (χ1n) is 6.53. The van der Waals surface area contributed by atoms with Gasteiger partial charge in [0.2, 0.25) is 0 Å². The Balaban J connectivity index is 2.30. The predicted octanol–water partition coefficient (Wildman–Crippen LogP) is 4.37. The zero-order chi connectivity index (χ0) is 14.5. The molecular weight excluding hydrogens is 272 g/mol. The van der Waals surface area contributed by atoms with Gasteiger partial charge in [0.1, 0.15) is 5.84 Å². The number of amidine groups is 1. The van der Waals surface area contributed by atoms with Gasteiger partial charge in [0, 0.05) is 12.7 Å². The van der Waals surface area contributed by atoms with Gasteiger partial charge >= 0.3 is 0 Å². The van der Waals surface area contributed by atoms with E-state index in [1.54, 1.807) is 18.2 Å². The molecule has 0 amide bonds. The topological polar surface area (TPSA) is 32.7 Å². The Kier molecular flexibility index (Phi) is 4.74. The summed E-state index contributed by atoms with van der Waals surface area (Å²) in [4.78, 5) is 17.6. The van der Waals surface area contributed by atoms with Gasteiger partial charge in [-0.2, -0.15) is 0 Å². The molecule has 20 heavy (non-hydrogen) atoms. The number of hydrogen-bond donors (Lipinski definition) is 0. The van der Waals surface area contributed by atoms with Crippen molar-refractivity contribution in [3.63, 3.8) is 0 Å². The van der Waals surface area contributed by atoms with Gasteiger partial charge in [0.05, 0.1) is 16.3 Å². The fourth-order valence-corrected chi connectivity index (χ4v) is 2.24. The highest BCUT2D eigenvalue weighted by atomic mass is 35.5. The third kappa shape index (κ3) is 3.17. The minimum Gasteiger partial charge on any atom is -0.333 e. The Bertz CT molecular complexity index is 602. The van der Waals surface area contributed by atoms with Crippen molar-refractivity contribution < 1.29 is 4.79 Å². The highest BCUT2D eigenvalue weighted by Gasteiger charge is 2.09. The van der Waals surface area contributed by atoms with Gasteiger partial charge < -0.3 is 4.90 Å². The van der Waals surface area contributed by atoms with E-state index in [0.717, 1.165) is 30.7 Å². The number of aldehydes is 1. The average Bonchev–Trinajstić information content (AvgIpc) is 2.47. The zero-order valence-electron chi connectivity index (χ0n) is 11.6. The second kappa shape index (κ2) is 6.53. The van der Waals surface area contributed by atoms with Gasteiger partial charge in [-0.3, -0.25) is 4.79 Å². The number of allylic oxidation sites excluding steroid dienone is 3. The van der Waals surface area contributed by atoms with E-state index in [0.29, 0.717) is 16.3 Å². The number of hydrogen-bond acceptors (Lipinski definition) is 2. The number of halogens is 1. The lowest BCUT2D eigenvalue weighted by atomic mass is 10.1. The summed E-state index contributed by atoms with van der Waals surface area (Å²) in [5, 5.41) is 0.425. The Hall–Kier alpha value is -1.87. The number of likely N-dealkylation sites (N-methyl/N-ethyl adjacent to an activating group) is 1. The number of rotatable bonds is 3. The molecule has 0 spiro atoms. The molecule has 3 nitrogen and oxygen atoms in total. The fraction of sp³-hybridized carbons (Fsp3) is 0.250. The van der Waals surface area contributed by atoms with Crippen LogP contribution < -0.4 is 0 Å². The van der Waals surface area contributed by atoms with Crippen molar-refractivity contribution in [3.8, 4) is 0 Å². The normalized spacial score (nSPS) is 14.9. The van der Waals surface area contributed by atoms with Crippen LogP contribution in [0.15, 0.2) is 47.1 Å². The first kappa shape index (κ1) is 14.5. The second-order valence-corrected chi connectivity index (χ2v) is 5.02. The molecule has 0 fully saturated rings. The molecule has 0 aliphatic heterocycles. The highest BCUT2D eigenvalue weighted by molar-refractivity contribution is 6.33. The molecule has 0 saturated carbocycles. The Labute approximate surface area is 124 Å². The minimum atomic E-state index is 0.425. The molecular formula is C16H17ClN2O. The Morgan fingerprint density at radius 2 is 2.20 bits per heavy atom. The van der Waals surface area contributed by atoms with Crippen molar-refractivity contribution in [1.29, 1.82) is 0 Å². The number of carbonyl (C=O) groups is 1. The summed E-state index contributed by atoms with van der Waals surface area (Å²) in [7, 11) is 1.96. The maximum atomic E-state index is 11.1. The molecule has 0 heterocycles. The molecule has 0 radical (unpaired) electrons. The summed E-state index contributed by atoms with van der Waals surface area (Å²) < 4.78 is 0. The lowest BCUT2D eigenvalue weighted by Gasteiger charge is -2.22. The first-order valence-corrected chi connectivity index (χ1v) is 6.90. The number of benzene rings is 1. The Morgan fingerprint density at radius 3 is 2.85 bits per heavy atom. The maximum absolute atomic E-state index is 11.1. The van der Waals surface area contributed by atoms with E-state index in [1.165, 1.54) is 0 Å². The first-order chi connectivity index (χ1) is 9.63. The number of carbonyl (C=O) groups excluding carboxylic acids is 1. The minimum absolute atomic E-state index is 0.425. The molecule has 0 aromatic heterocycles. The van der Waals surface area contributed by atoms with E-state index in [9.17, 15) is 4.79 Å². The van der Waals surface area contributed by atoms with Crippen LogP contribution >= 0.6 is 11.6 Å². The van der Waals surface area contributed by atoms with Crippen molar-refractivity contribution >= 4 is 29.4 Å². The molecule has 1 aromatic rings. The predicted molar refractivity (Wildman–Crippen MR) is 83.8 cm³/mol.